The monoisotopic (exact) mass is 1230 g/mol. The van der Waals surface area contributed by atoms with Crippen molar-refractivity contribution in [3.63, 3.8) is 0 Å². The van der Waals surface area contributed by atoms with Crippen LogP contribution in [-0.2, 0) is 52.1 Å². The number of hydrogen-bond donors (Lipinski definition) is 2. The molecular weight excluding hydrogens is 1180 g/mol. The molecule has 2 aliphatic heterocycles. The SMILES string of the molecule is O=C(Cc1ccccc1CON=C(C(=O)N[C@@H]1C(=O)N2C(C(=O)OC(c3ccccc3)c3ccccc3)=C(CI)CS[C@@H]12)c1csc(NC(c2ccccc2)(c2ccccc2)c2ccccc2)n1)OC(c1ccccc1)c1ccccc1. The van der Waals surface area contributed by atoms with Gasteiger partial charge in [0.2, 0.25) is 0 Å². The third kappa shape index (κ3) is 12.0. The van der Waals surface area contributed by atoms with E-state index in [1.165, 1.54) is 28.0 Å². The molecule has 15 heteroatoms. The topological polar surface area (TPSA) is 149 Å². The van der Waals surface area contributed by atoms with Gasteiger partial charge in [0, 0.05) is 15.6 Å². The number of carbonyl (C=O) groups is 4. The second-order valence-electron chi connectivity index (χ2n) is 19.4. The lowest BCUT2D eigenvalue weighted by Crippen LogP contribution is -2.71. The minimum atomic E-state index is -1.04. The number of anilines is 1. The number of fused-ring (bicyclic) bond motifs is 1. The van der Waals surface area contributed by atoms with E-state index in [2.05, 4.69) is 74.8 Å². The van der Waals surface area contributed by atoms with Crippen molar-refractivity contribution < 1.29 is 33.5 Å². The van der Waals surface area contributed by atoms with E-state index in [0.29, 0.717) is 26.4 Å². The van der Waals surface area contributed by atoms with Gasteiger partial charge in [-0.15, -0.1) is 23.1 Å². The van der Waals surface area contributed by atoms with E-state index in [0.717, 1.165) is 44.5 Å². The van der Waals surface area contributed by atoms with Crippen molar-refractivity contribution in [1.82, 2.24) is 15.2 Å². The number of β-lactam (4-membered cyclic amide) rings is 1. The number of oxime groups is 1. The average molecular weight is 1230 g/mol. The first-order valence-electron chi connectivity index (χ1n) is 26.6. The number of amides is 2. The molecule has 0 saturated carbocycles. The number of halogens is 1. The molecule has 1 fully saturated rings. The molecule has 0 aliphatic carbocycles. The lowest BCUT2D eigenvalue weighted by molar-refractivity contribution is -0.154. The maximum Gasteiger partial charge on any atom is 0.356 e. The minimum absolute atomic E-state index is 0.0678. The summed E-state index contributed by atoms with van der Waals surface area (Å²) in [6, 6.07) is 74.7. The van der Waals surface area contributed by atoms with Crippen LogP contribution in [0.2, 0.25) is 0 Å². The molecule has 408 valence electrons. The molecule has 0 bridgehead atoms. The van der Waals surface area contributed by atoms with Crippen LogP contribution in [0.4, 0.5) is 5.13 Å². The van der Waals surface area contributed by atoms with Crippen molar-refractivity contribution in [2.45, 2.75) is 42.2 Å². The van der Waals surface area contributed by atoms with E-state index in [1.807, 2.05) is 200 Å². The summed E-state index contributed by atoms with van der Waals surface area (Å²) >= 11 is 4.94. The summed E-state index contributed by atoms with van der Waals surface area (Å²) in [5, 5.41) is 12.8. The zero-order chi connectivity index (χ0) is 56.3. The fraction of sp³-hybridized carbons (Fsp3) is 0.134. The first kappa shape index (κ1) is 55.3. The second kappa shape index (κ2) is 25.9. The number of alkyl halides is 1. The van der Waals surface area contributed by atoms with Crippen molar-refractivity contribution >= 4 is 80.3 Å². The van der Waals surface area contributed by atoms with Gasteiger partial charge in [-0.2, -0.15) is 0 Å². The fourth-order valence-corrected chi connectivity index (χ4v) is 13.4. The number of hydrogen-bond acceptors (Lipinski definition) is 12. The number of thiazole rings is 1. The summed E-state index contributed by atoms with van der Waals surface area (Å²) in [4.78, 5) is 70.5. The van der Waals surface area contributed by atoms with E-state index in [4.69, 9.17) is 19.3 Å². The lowest BCUT2D eigenvalue weighted by atomic mass is 9.77. The van der Waals surface area contributed by atoms with Crippen LogP contribution in [0.5, 0.6) is 0 Å². The largest absolute Gasteiger partial charge is 0.452 e. The van der Waals surface area contributed by atoms with Crippen LogP contribution in [0.1, 0.15) is 68.0 Å². The van der Waals surface area contributed by atoms with Gasteiger partial charge in [-0.1, -0.05) is 264 Å². The molecule has 2 aliphatic rings. The Hall–Kier alpha value is -8.64. The van der Waals surface area contributed by atoms with Gasteiger partial charge >= 0.3 is 11.9 Å². The van der Waals surface area contributed by atoms with E-state index in [9.17, 15) is 19.2 Å². The summed E-state index contributed by atoms with van der Waals surface area (Å²) < 4.78 is 13.0. The van der Waals surface area contributed by atoms with Gasteiger partial charge in [-0.3, -0.25) is 19.3 Å². The summed E-state index contributed by atoms with van der Waals surface area (Å²) in [6.07, 6.45) is -1.43. The molecule has 2 amide bonds. The van der Waals surface area contributed by atoms with Gasteiger partial charge in [0.25, 0.3) is 11.8 Å². The zero-order valence-electron chi connectivity index (χ0n) is 44.1. The van der Waals surface area contributed by atoms with Crippen molar-refractivity contribution in [1.29, 1.82) is 0 Å². The average Bonchev–Trinajstić information content (AvgIpc) is 3.35. The number of rotatable bonds is 21. The maximum atomic E-state index is 15.0. The molecule has 3 heterocycles. The normalized spacial score (nSPS) is 15.1. The highest BCUT2D eigenvalue weighted by atomic mass is 127. The molecule has 8 aromatic carbocycles. The van der Waals surface area contributed by atoms with Crippen LogP contribution in [0.25, 0.3) is 0 Å². The molecule has 0 spiro atoms. The van der Waals surface area contributed by atoms with Crippen LogP contribution in [0.15, 0.2) is 258 Å². The summed E-state index contributed by atoms with van der Waals surface area (Å²) in [5.41, 5.74) is 7.36. The third-order valence-corrected chi connectivity index (χ3v) is 17.3. The van der Waals surface area contributed by atoms with Gasteiger partial charge < -0.3 is 24.9 Å². The number of nitrogens with zero attached hydrogens (tertiary/aromatic N) is 3. The molecule has 82 heavy (non-hydrogen) atoms. The third-order valence-electron chi connectivity index (χ3n) is 14.3. The van der Waals surface area contributed by atoms with Crippen molar-refractivity contribution in [3.05, 3.63) is 309 Å². The zero-order valence-corrected chi connectivity index (χ0v) is 47.9. The molecule has 12 nitrogen and oxygen atoms in total. The summed E-state index contributed by atoms with van der Waals surface area (Å²) in [5.74, 6) is -1.85. The van der Waals surface area contributed by atoms with Crippen molar-refractivity contribution in [3.8, 4) is 0 Å². The number of thioether (sulfide) groups is 1. The molecule has 2 atom stereocenters. The molecule has 9 aromatic rings. The van der Waals surface area contributed by atoms with Crippen LogP contribution in [0.3, 0.4) is 0 Å². The van der Waals surface area contributed by atoms with Gasteiger partial charge in [-0.05, 0) is 55.6 Å². The lowest BCUT2D eigenvalue weighted by Gasteiger charge is -2.49. The fourth-order valence-electron chi connectivity index (χ4n) is 10.3. The van der Waals surface area contributed by atoms with E-state index >= 15 is 0 Å². The highest BCUT2D eigenvalue weighted by Crippen LogP contribution is 2.43. The van der Waals surface area contributed by atoms with Crippen molar-refractivity contribution in [2.24, 2.45) is 5.16 Å². The van der Waals surface area contributed by atoms with Gasteiger partial charge in [-0.25, -0.2) is 9.78 Å². The van der Waals surface area contributed by atoms with E-state index in [-0.39, 0.29) is 30.1 Å². The van der Waals surface area contributed by atoms with E-state index in [1.54, 1.807) is 5.38 Å². The predicted octanol–water partition coefficient (Wildman–Crippen LogP) is 12.8. The number of ether oxygens (including phenoxy) is 2. The first-order chi connectivity index (χ1) is 40.3. The molecule has 11 rings (SSSR count). The molecular formula is C67H54IN5O7S2. The van der Waals surface area contributed by atoms with Crippen LogP contribution in [0, 0.1) is 0 Å². The molecule has 2 N–H and O–H groups in total. The number of carbonyl (C=O) groups excluding carboxylic acids is 4. The van der Waals surface area contributed by atoms with Gasteiger partial charge in [0.1, 0.15) is 35.0 Å². The Balaban J connectivity index is 0.885. The van der Waals surface area contributed by atoms with Gasteiger partial charge in [0.05, 0.1) is 6.42 Å². The molecule has 1 saturated heterocycles. The highest BCUT2D eigenvalue weighted by molar-refractivity contribution is 14.1. The van der Waals surface area contributed by atoms with E-state index < -0.39 is 52.9 Å². The quantitative estimate of drug-likeness (QED) is 0.0135. The first-order valence-corrected chi connectivity index (χ1v) is 30.1. The highest BCUT2D eigenvalue weighted by Gasteiger charge is 2.55. The van der Waals surface area contributed by atoms with Crippen LogP contribution in [-0.4, -0.2) is 60.9 Å². The maximum absolute atomic E-state index is 15.0. The number of nitrogens with one attached hydrogen (secondary N) is 2. The Morgan fingerprint density at radius 2 is 1.07 bits per heavy atom. The Labute approximate surface area is 497 Å². The predicted molar refractivity (Wildman–Crippen MR) is 329 cm³/mol. The Kier molecular flexibility index (Phi) is 17.4. The summed E-state index contributed by atoms with van der Waals surface area (Å²) in [7, 11) is 0. The smallest absolute Gasteiger partial charge is 0.356 e. The number of esters is 2. The molecule has 0 unspecified atom stereocenters. The number of aromatic nitrogens is 1. The Morgan fingerprint density at radius 3 is 1.56 bits per heavy atom. The van der Waals surface area contributed by atoms with Crippen molar-refractivity contribution in [2.75, 3.05) is 15.5 Å². The summed E-state index contributed by atoms with van der Waals surface area (Å²) in [6.45, 7) is -0.133. The van der Waals surface area contributed by atoms with Crippen LogP contribution >= 0.6 is 45.7 Å². The molecule has 0 radical (unpaired) electrons. The van der Waals surface area contributed by atoms with Crippen LogP contribution < -0.4 is 10.6 Å². The molecule has 1 aromatic heterocycles. The standard InChI is InChI=1S/C67H54IN5O7S2/c68-41-51-43-81-64-58(63(76)73(64)59(51)65(77)80-61(47-28-12-3-13-29-47)48-30-14-4-15-31-48)70-62(75)57(55-44-82-66(69-55)71-67(52-34-16-5-17-35-52,53-36-18-6-19-37-53)54-38-20-7-21-39-54)72-78-42-50-33-23-22-32-49(50)40-56(74)79-60(45-24-8-1-9-25-45)46-26-10-2-11-27-46/h1-39,44,58,60-61,64H,40-43H2,(H,69,71)(H,70,75)/t58-,64+/m1/s1. The second-order valence-corrected chi connectivity index (χ2v) is 22.1. The Bertz CT molecular complexity index is 3550. The number of benzene rings is 8. The minimum Gasteiger partial charge on any atom is -0.452 e. The Morgan fingerprint density at radius 1 is 0.622 bits per heavy atom. The van der Waals surface area contributed by atoms with Gasteiger partial charge in [0.15, 0.2) is 23.1 Å².